The van der Waals surface area contributed by atoms with E-state index in [4.69, 9.17) is 4.74 Å². The summed E-state index contributed by atoms with van der Waals surface area (Å²) in [5.74, 6) is -0.501. The fourth-order valence-electron chi connectivity index (χ4n) is 4.50. The molecule has 1 fully saturated rings. The summed E-state index contributed by atoms with van der Waals surface area (Å²) in [5.41, 5.74) is 3.26. The van der Waals surface area contributed by atoms with E-state index >= 15 is 8.78 Å². The maximum atomic E-state index is 15.1. The van der Waals surface area contributed by atoms with Gasteiger partial charge in [0.25, 0.3) is 0 Å². The molecule has 1 amide bonds. The average Bonchev–Trinajstić information content (AvgIpc) is 3.35. The standard InChI is InChI=1S/C25H28F2N6O2/c1-14-8-20(29-33-11-15(2)28-23(14)33)16-9-17-12-32(30-22(17)18(26)10-16)21-6-7-31(13-19(21)27)24(34)35-25(3,4)5/h8-12,19,21H,6-7,13H2,1-5H3/t19-,21-/m1/s1. The Hall–Kier alpha value is -3.56. The van der Waals surface area contributed by atoms with Crippen molar-refractivity contribution in [2.75, 3.05) is 13.1 Å². The predicted molar refractivity (Wildman–Crippen MR) is 128 cm³/mol. The highest BCUT2D eigenvalue weighted by molar-refractivity contribution is 5.84. The number of aromatic nitrogens is 5. The van der Waals surface area contributed by atoms with Crippen LogP contribution >= 0.6 is 0 Å². The van der Waals surface area contributed by atoms with Crippen LogP contribution in [-0.4, -0.2) is 60.2 Å². The van der Waals surface area contributed by atoms with Crippen molar-refractivity contribution in [3.05, 3.63) is 47.7 Å². The van der Waals surface area contributed by atoms with Crippen LogP contribution in [-0.2, 0) is 4.74 Å². The van der Waals surface area contributed by atoms with Crippen molar-refractivity contribution in [3.63, 3.8) is 0 Å². The van der Waals surface area contributed by atoms with Crippen LogP contribution in [0.2, 0.25) is 0 Å². The number of alkyl halides is 1. The Kier molecular flexibility index (Phi) is 5.49. The van der Waals surface area contributed by atoms with E-state index < -0.39 is 29.7 Å². The molecule has 1 aliphatic rings. The van der Waals surface area contributed by atoms with Crippen LogP contribution < -0.4 is 0 Å². The summed E-state index contributed by atoms with van der Waals surface area (Å²) in [7, 11) is 0. The first-order valence-electron chi connectivity index (χ1n) is 11.6. The van der Waals surface area contributed by atoms with E-state index in [1.165, 1.54) is 15.6 Å². The molecule has 1 aliphatic heterocycles. The SMILES string of the molecule is Cc1cn2nc(-c3cc(F)c4nn([C@@H]5CCN(C(=O)OC(C)(C)C)C[C@H]5F)cc4c3)cc(C)c2n1. The molecule has 4 heterocycles. The van der Waals surface area contributed by atoms with Crippen LogP contribution in [0.15, 0.2) is 30.6 Å². The molecule has 8 nitrogen and oxygen atoms in total. The largest absolute Gasteiger partial charge is 0.444 e. The van der Waals surface area contributed by atoms with Gasteiger partial charge in [-0.2, -0.15) is 10.2 Å². The normalized spacial score (nSPS) is 19.0. The molecule has 5 rings (SSSR count). The number of hydrogen-bond donors (Lipinski definition) is 0. The minimum atomic E-state index is -1.36. The molecule has 0 saturated carbocycles. The van der Waals surface area contributed by atoms with Crippen molar-refractivity contribution in [2.45, 2.75) is 58.9 Å². The molecule has 184 valence electrons. The molecular formula is C25H28F2N6O2. The van der Waals surface area contributed by atoms with Crippen LogP contribution in [0.5, 0.6) is 0 Å². The molecule has 1 aromatic carbocycles. The molecular weight excluding hydrogens is 454 g/mol. The van der Waals surface area contributed by atoms with Crippen molar-refractivity contribution < 1.29 is 18.3 Å². The zero-order valence-electron chi connectivity index (χ0n) is 20.4. The van der Waals surface area contributed by atoms with Crippen LogP contribution in [0.1, 0.15) is 44.5 Å². The molecule has 0 radical (unpaired) electrons. The summed E-state index contributed by atoms with van der Waals surface area (Å²) < 4.78 is 38.7. The fourth-order valence-corrected chi connectivity index (χ4v) is 4.50. The molecule has 0 bridgehead atoms. The maximum absolute atomic E-state index is 15.1. The van der Waals surface area contributed by atoms with Gasteiger partial charge in [-0.1, -0.05) is 0 Å². The van der Waals surface area contributed by atoms with Crippen molar-refractivity contribution in [1.29, 1.82) is 0 Å². The van der Waals surface area contributed by atoms with Crippen molar-refractivity contribution >= 4 is 22.6 Å². The Morgan fingerprint density at radius 3 is 2.63 bits per heavy atom. The van der Waals surface area contributed by atoms with E-state index in [2.05, 4.69) is 15.2 Å². The molecule has 0 spiro atoms. The number of imidazole rings is 1. The Morgan fingerprint density at radius 2 is 1.91 bits per heavy atom. The second-order valence-electron chi connectivity index (χ2n) is 10.2. The zero-order chi connectivity index (χ0) is 25.1. The molecule has 2 atom stereocenters. The number of nitrogens with zero attached hydrogens (tertiary/aromatic N) is 6. The summed E-state index contributed by atoms with van der Waals surface area (Å²) in [5, 5.41) is 9.50. The summed E-state index contributed by atoms with van der Waals surface area (Å²) >= 11 is 0. The van der Waals surface area contributed by atoms with Crippen LogP contribution in [0, 0.1) is 19.7 Å². The molecule has 35 heavy (non-hydrogen) atoms. The van der Waals surface area contributed by atoms with Crippen LogP contribution in [0.4, 0.5) is 13.6 Å². The minimum Gasteiger partial charge on any atom is -0.444 e. The summed E-state index contributed by atoms with van der Waals surface area (Å²) in [6, 6.07) is 4.48. The molecule has 0 unspecified atom stereocenters. The van der Waals surface area contributed by atoms with Gasteiger partial charge in [-0.25, -0.2) is 23.1 Å². The van der Waals surface area contributed by atoms with Gasteiger partial charge in [-0.3, -0.25) is 4.68 Å². The van der Waals surface area contributed by atoms with E-state index in [9.17, 15) is 4.79 Å². The molecule has 0 aliphatic carbocycles. The van der Waals surface area contributed by atoms with Crippen molar-refractivity contribution in [2.24, 2.45) is 0 Å². The summed E-state index contributed by atoms with van der Waals surface area (Å²) in [4.78, 5) is 18.1. The van der Waals surface area contributed by atoms with Gasteiger partial charge in [0.15, 0.2) is 11.5 Å². The zero-order valence-corrected chi connectivity index (χ0v) is 20.4. The average molecular weight is 483 g/mol. The van der Waals surface area contributed by atoms with Crippen molar-refractivity contribution in [3.8, 4) is 11.3 Å². The number of carbonyl (C=O) groups is 1. The topological polar surface area (TPSA) is 77.6 Å². The molecule has 0 N–H and O–H groups in total. The molecule has 3 aromatic heterocycles. The van der Waals surface area contributed by atoms with Crippen molar-refractivity contribution in [1.82, 2.24) is 29.3 Å². The number of hydrogen-bond acceptors (Lipinski definition) is 5. The van der Waals surface area contributed by atoms with E-state index in [1.54, 1.807) is 31.5 Å². The van der Waals surface area contributed by atoms with Gasteiger partial charge in [0, 0.05) is 23.7 Å². The van der Waals surface area contributed by atoms with E-state index in [0.717, 1.165) is 16.9 Å². The second kappa shape index (κ2) is 8.28. The first kappa shape index (κ1) is 23.2. The highest BCUT2D eigenvalue weighted by atomic mass is 19.1. The van der Waals surface area contributed by atoms with Gasteiger partial charge < -0.3 is 9.64 Å². The lowest BCUT2D eigenvalue weighted by atomic mass is 10.0. The fraction of sp³-hybridized carbons (Fsp3) is 0.440. The van der Waals surface area contributed by atoms with E-state index in [-0.39, 0.29) is 12.1 Å². The number of halogens is 2. The van der Waals surface area contributed by atoms with Gasteiger partial charge in [0.1, 0.15) is 17.3 Å². The Labute approximate surface area is 201 Å². The number of rotatable bonds is 2. The Balaban J connectivity index is 1.42. The quantitative estimate of drug-likeness (QED) is 0.401. The number of amides is 1. The minimum absolute atomic E-state index is 0.100. The number of carbonyl (C=O) groups excluding carboxylic acids is 1. The van der Waals surface area contributed by atoms with Gasteiger partial charge in [0.2, 0.25) is 0 Å². The van der Waals surface area contributed by atoms with Gasteiger partial charge in [-0.05, 0) is 64.8 Å². The van der Waals surface area contributed by atoms with E-state index in [1.807, 2.05) is 32.2 Å². The maximum Gasteiger partial charge on any atom is 0.410 e. The van der Waals surface area contributed by atoms with Gasteiger partial charge in [-0.15, -0.1) is 0 Å². The molecule has 4 aromatic rings. The Bertz CT molecular complexity index is 1440. The predicted octanol–water partition coefficient (Wildman–Crippen LogP) is 5.02. The number of fused-ring (bicyclic) bond motifs is 2. The summed E-state index contributed by atoms with van der Waals surface area (Å²) in [6.45, 7) is 9.37. The molecule has 1 saturated heterocycles. The number of benzene rings is 1. The van der Waals surface area contributed by atoms with Crippen LogP contribution in [0.3, 0.4) is 0 Å². The third-order valence-corrected chi connectivity index (χ3v) is 6.10. The first-order chi connectivity index (χ1) is 16.5. The number of piperidine rings is 1. The highest BCUT2D eigenvalue weighted by Gasteiger charge is 2.35. The second-order valence-corrected chi connectivity index (χ2v) is 10.2. The lowest BCUT2D eigenvalue weighted by Crippen LogP contribution is -2.47. The summed E-state index contributed by atoms with van der Waals surface area (Å²) in [6.07, 6.45) is 1.94. The third-order valence-electron chi connectivity index (χ3n) is 6.10. The lowest BCUT2D eigenvalue weighted by molar-refractivity contribution is 0.00581. The van der Waals surface area contributed by atoms with Gasteiger partial charge >= 0.3 is 6.09 Å². The third kappa shape index (κ3) is 4.44. The lowest BCUT2D eigenvalue weighted by Gasteiger charge is -2.35. The monoisotopic (exact) mass is 482 g/mol. The number of likely N-dealkylation sites (tertiary alicyclic amines) is 1. The smallest absolute Gasteiger partial charge is 0.410 e. The van der Waals surface area contributed by atoms with Crippen LogP contribution in [0.25, 0.3) is 27.8 Å². The highest BCUT2D eigenvalue weighted by Crippen LogP contribution is 2.31. The van der Waals surface area contributed by atoms with E-state index in [0.29, 0.717) is 29.6 Å². The number of ether oxygens (including phenoxy) is 1. The Morgan fingerprint density at radius 1 is 1.14 bits per heavy atom. The number of aryl methyl sites for hydroxylation is 2. The molecule has 10 heteroatoms. The van der Waals surface area contributed by atoms with Gasteiger partial charge in [0.05, 0.1) is 30.2 Å². The first-order valence-corrected chi connectivity index (χ1v) is 11.6.